The summed E-state index contributed by atoms with van der Waals surface area (Å²) in [7, 11) is 0. The Labute approximate surface area is 96.8 Å². The van der Waals surface area contributed by atoms with Gasteiger partial charge in [-0.3, -0.25) is 0 Å². The van der Waals surface area contributed by atoms with E-state index in [0.29, 0.717) is 17.8 Å². The number of nitrogens with two attached hydrogens (primary N) is 1. The lowest BCUT2D eigenvalue weighted by molar-refractivity contribution is 0.273. The van der Waals surface area contributed by atoms with Crippen LogP contribution in [0.4, 0.5) is 6.01 Å². The number of hydrogen-bond donors (Lipinski definition) is 2. The average molecular weight is 226 g/mol. The van der Waals surface area contributed by atoms with Crippen molar-refractivity contribution >= 4 is 6.01 Å². The quantitative estimate of drug-likeness (QED) is 0.822. The maximum atomic E-state index is 5.63. The zero-order chi connectivity index (χ0) is 12.3. The van der Waals surface area contributed by atoms with Gasteiger partial charge in [-0.25, -0.2) is 0 Å². The van der Waals surface area contributed by atoms with Crippen molar-refractivity contribution in [1.29, 1.82) is 0 Å². The van der Waals surface area contributed by atoms with Gasteiger partial charge in [-0.1, -0.05) is 32.8 Å². The van der Waals surface area contributed by atoms with Crippen LogP contribution in [0.15, 0.2) is 4.42 Å². The van der Waals surface area contributed by atoms with E-state index in [2.05, 4.69) is 43.2 Å². The zero-order valence-corrected chi connectivity index (χ0v) is 10.7. The summed E-state index contributed by atoms with van der Waals surface area (Å²) in [5.41, 5.74) is 5.89. The third-order valence-corrected chi connectivity index (χ3v) is 2.87. The maximum Gasteiger partial charge on any atom is 0.315 e. The molecule has 0 saturated carbocycles. The molecule has 1 aromatic rings. The summed E-state index contributed by atoms with van der Waals surface area (Å²) in [5, 5.41) is 10.9. The Morgan fingerprint density at radius 2 is 1.94 bits per heavy atom. The summed E-state index contributed by atoms with van der Waals surface area (Å²) < 4.78 is 5.35. The van der Waals surface area contributed by atoms with Gasteiger partial charge in [0, 0.05) is 6.54 Å². The van der Waals surface area contributed by atoms with E-state index in [4.69, 9.17) is 10.2 Å². The second-order valence-corrected chi connectivity index (χ2v) is 5.38. The SMILES string of the molecule is CC(N)c1nnc(NCC(C)C(C)(C)C)o1. The van der Waals surface area contributed by atoms with Gasteiger partial charge in [0.05, 0.1) is 6.04 Å². The van der Waals surface area contributed by atoms with Crippen LogP contribution in [0.25, 0.3) is 0 Å². The van der Waals surface area contributed by atoms with Crippen LogP contribution in [0.1, 0.15) is 46.6 Å². The lowest BCUT2D eigenvalue weighted by Crippen LogP contribution is -2.24. The monoisotopic (exact) mass is 226 g/mol. The first-order chi connectivity index (χ1) is 7.30. The predicted octanol–water partition coefficient (Wildman–Crippen LogP) is 2.18. The number of rotatable bonds is 4. The Morgan fingerprint density at radius 1 is 1.31 bits per heavy atom. The third-order valence-electron chi connectivity index (χ3n) is 2.87. The standard InChI is InChI=1S/C11H22N4O/c1-7(11(3,4)5)6-13-10-15-14-9(16-10)8(2)12/h7-8H,6,12H2,1-5H3,(H,13,15). The summed E-state index contributed by atoms with van der Waals surface area (Å²) in [6.07, 6.45) is 0. The Balaban J connectivity index is 2.49. The van der Waals surface area contributed by atoms with Crippen LogP contribution in [-0.2, 0) is 0 Å². The van der Waals surface area contributed by atoms with Crippen LogP contribution >= 0.6 is 0 Å². The molecule has 3 N–H and O–H groups in total. The molecule has 0 bridgehead atoms. The van der Waals surface area contributed by atoms with Crippen molar-refractivity contribution in [2.75, 3.05) is 11.9 Å². The molecule has 1 aromatic heterocycles. The van der Waals surface area contributed by atoms with E-state index in [1.165, 1.54) is 0 Å². The van der Waals surface area contributed by atoms with Gasteiger partial charge in [0.1, 0.15) is 0 Å². The molecule has 0 amide bonds. The molecule has 1 rings (SSSR count). The summed E-state index contributed by atoms with van der Waals surface area (Å²) in [4.78, 5) is 0. The van der Waals surface area contributed by atoms with E-state index in [-0.39, 0.29) is 11.5 Å². The largest absolute Gasteiger partial charge is 0.406 e. The number of hydrogen-bond acceptors (Lipinski definition) is 5. The number of nitrogens with one attached hydrogen (secondary N) is 1. The molecule has 0 aliphatic rings. The van der Waals surface area contributed by atoms with Crippen molar-refractivity contribution in [3.63, 3.8) is 0 Å². The fourth-order valence-corrected chi connectivity index (χ4v) is 1.04. The summed E-state index contributed by atoms with van der Waals surface area (Å²) >= 11 is 0. The molecule has 2 atom stereocenters. The molecule has 0 fully saturated rings. The highest BCUT2D eigenvalue weighted by molar-refractivity contribution is 5.17. The highest BCUT2D eigenvalue weighted by Crippen LogP contribution is 2.25. The fourth-order valence-electron chi connectivity index (χ4n) is 1.04. The van der Waals surface area contributed by atoms with Gasteiger partial charge >= 0.3 is 6.01 Å². The van der Waals surface area contributed by atoms with Crippen LogP contribution in [0.2, 0.25) is 0 Å². The first-order valence-electron chi connectivity index (χ1n) is 5.63. The lowest BCUT2D eigenvalue weighted by Gasteiger charge is -2.26. The minimum atomic E-state index is -0.219. The molecule has 5 heteroatoms. The molecule has 0 aliphatic heterocycles. The smallest absolute Gasteiger partial charge is 0.315 e. The van der Waals surface area contributed by atoms with Gasteiger partial charge in [0.2, 0.25) is 5.89 Å². The molecule has 0 aromatic carbocycles. The second-order valence-electron chi connectivity index (χ2n) is 5.38. The van der Waals surface area contributed by atoms with Crippen molar-refractivity contribution < 1.29 is 4.42 Å². The first-order valence-corrected chi connectivity index (χ1v) is 5.63. The van der Waals surface area contributed by atoms with Crippen molar-refractivity contribution in [1.82, 2.24) is 10.2 Å². The predicted molar refractivity (Wildman–Crippen MR) is 64.0 cm³/mol. The van der Waals surface area contributed by atoms with Gasteiger partial charge in [0.15, 0.2) is 0 Å². The Hall–Kier alpha value is -1.10. The van der Waals surface area contributed by atoms with E-state index in [9.17, 15) is 0 Å². The minimum Gasteiger partial charge on any atom is -0.406 e. The van der Waals surface area contributed by atoms with Crippen LogP contribution in [0.5, 0.6) is 0 Å². The molecule has 92 valence electrons. The molecular formula is C11H22N4O. The van der Waals surface area contributed by atoms with Crippen molar-refractivity contribution in [3.8, 4) is 0 Å². The molecule has 1 heterocycles. The van der Waals surface area contributed by atoms with Gasteiger partial charge in [-0.2, -0.15) is 0 Å². The molecule has 16 heavy (non-hydrogen) atoms. The van der Waals surface area contributed by atoms with Gasteiger partial charge in [0.25, 0.3) is 0 Å². The van der Waals surface area contributed by atoms with Crippen molar-refractivity contribution in [3.05, 3.63) is 5.89 Å². The highest BCUT2D eigenvalue weighted by Gasteiger charge is 2.20. The molecule has 0 radical (unpaired) electrons. The van der Waals surface area contributed by atoms with Crippen LogP contribution in [0.3, 0.4) is 0 Å². The third kappa shape index (κ3) is 3.48. The molecule has 0 aliphatic carbocycles. The number of anilines is 1. The molecule has 2 unspecified atom stereocenters. The van der Waals surface area contributed by atoms with Crippen molar-refractivity contribution in [2.24, 2.45) is 17.1 Å². The Bertz CT molecular complexity index is 327. The highest BCUT2D eigenvalue weighted by atomic mass is 16.4. The second kappa shape index (κ2) is 4.82. The zero-order valence-electron chi connectivity index (χ0n) is 10.7. The van der Waals surface area contributed by atoms with Crippen molar-refractivity contribution in [2.45, 2.75) is 40.7 Å². The van der Waals surface area contributed by atoms with Crippen LogP contribution in [-0.4, -0.2) is 16.7 Å². The fraction of sp³-hybridized carbons (Fsp3) is 0.818. The summed E-state index contributed by atoms with van der Waals surface area (Å²) in [6.45, 7) is 11.4. The van der Waals surface area contributed by atoms with Gasteiger partial charge < -0.3 is 15.5 Å². The average Bonchev–Trinajstić information content (AvgIpc) is 2.60. The maximum absolute atomic E-state index is 5.63. The van der Waals surface area contributed by atoms with E-state index in [1.54, 1.807) is 0 Å². The molecule has 0 spiro atoms. The van der Waals surface area contributed by atoms with E-state index >= 15 is 0 Å². The van der Waals surface area contributed by atoms with Gasteiger partial charge in [-0.15, -0.1) is 5.10 Å². The van der Waals surface area contributed by atoms with Crippen LogP contribution < -0.4 is 11.1 Å². The molecule has 0 saturated heterocycles. The first kappa shape index (κ1) is 13.0. The topological polar surface area (TPSA) is 77.0 Å². The van der Waals surface area contributed by atoms with Gasteiger partial charge in [-0.05, 0) is 18.3 Å². The molecule has 5 nitrogen and oxygen atoms in total. The summed E-state index contributed by atoms with van der Waals surface area (Å²) in [5.74, 6) is 0.976. The number of nitrogens with zero attached hydrogens (tertiary/aromatic N) is 2. The van der Waals surface area contributed by atoms with E-state index < -0.39 is 0 Å². The number of aromatic nitrogens is 2. The van der Waals surface area contributed by atoms with E-state index in [1.807, 2.05) is 6.92 Å². The normalized spacial score (nSPS) is 15.9. The Kier molecular flexibility index (Phi) is 3.91. The van der Waals surface area contributed by atoms with E-state index in [0.717, 1.165) is 6.54 Å². The minimum absolute atomic E-state index is 0.219. The lowest BCUT2D eigenvalue weighted by atomic mass is 9.82. The molecular weight excluding hydrogens is 204 g/mol. The van der Waals surface area contributed by atoms with Crippen LogP contribution in [0, 0.1) is 11.3 Å². The Morgan fingerprint density at radius 3 is 2.38 bits per heavy atom. The summed E-state index contributed by atoms with van der Waals surface area (Å²) in [6, 6.07) is 0.228.